The lowest BCUT2D eigenvalue weighted by atomic mass is 10.1. The van der Waals surface area contributed by atoms with Crippen LogP contribution in [0, 0.1) is 0 Å². The lowest BCUT2D eigenvalue weighted by molar-refractivity contribution is 0.762. The van der Waals surface area contributed by atoms with Crippen LogP contribution in [0.4, 0.5) is 0 Å². The van der Waals surface area contributed by atoms with E-state index in [1.54, 1.807) is 0 Å². The highest BCUT2D eigenvalue weighted by atomic mass is 14.9. The average molecular weight is 319 g/mol. The number of hydrogen-bond acceptors (Lipinski definition) is 2. The zero-order valence-electron chi connectivity index (χ0n) is 15.9. The molecule has 1 aliphatic heterocycles. The smallest absolute Gasteiger partial charge is 0.0354 e. The molecular weight excluding hydrogens is 280 g/mol. The molecule has 1 rings (SSSR count). The second-order valence-electron chi connectivity index (χ2n) is 5.21. The summed E-state index contributed by atoms with van der Waals surface area (Å²) < 4.78 is 0. The summed E-state index contributed by atoms with van der Waals surface area (Å²) in [6.07, 6.45) is 13.6. The molecule has 0 aliphatic carbocycles. The Morgan fingerprint density at radius 2 is 1.91 bits per heavy atom. The minimum absolute atomic E-state index is 0.801. The van der Waals surface area contributed by atoms with Gasteiger partial charge in [0.2, 0.25) is 0 Å². The molecule has 0 saturated heterocycles. The molecule has 0 spiro atoms. The average Bonchev–Trinajstić information content (AvgIpc) is 2.61. The Kier molecular flexibility index (Phi) is 18.8. The number of rotatable bonds is 9. The number of unbranched alkanes of at least 4 members (excludes halogenated alkanes) is 1. The van der Waals surface area contributed by atoms with E-state index in [4.69, 9.17) is 0 Å². The highest BCUT2D eigenvalue weighted by Gasteiger charge is 2.01. The molecule has 0 radical (unpaired) electrons. The molecule has 2 N–H and O–H groups in total. The molecule has 0 unspecified atom stereocenters. The Morgan fingerprint density at radius 1 is 1.26 bits per heavy atom. The van der Waals surface area contributed by atoms with E-state index >= 15 is 0 Å². The summed E-state index contributed by atoms with van der Waals surface area (Å²) in [5.74, 6) is 0. The maximum Gasteiger partial charge on any atom is 0.0354 e. The van der Waals surface area contributed by atoms with E-state index in [9.17, 15) is 0 Å². The monoisotopic (exact) mass is 318 g/mol. The third-order valence-electron chi connectivity index (χ3n) is 3.07. The van der Waals surface area contributed by atoms with Gasteiger partial charge < -0.3 is 10.6 Å². The normalized spacial score (nSPS) is 11.6. The first kappa shape index (κ1) is 23.6. The first-order chi connectivity index (χ1) is 11.1. The molecule has 0 saturated carbocycles. The second kappa shape index (κ2) is 18.3. The zero-order valence-corrected chi connectivity index (χ0v) is 15.9. The second-order valence-corrected chi connectivity index (χ2v) is 5.21. The van der Waals surface area contributed by atoms with Crippen LogP contribution < -0.4 is 10.6 Å². The number of allylic oxidation sites excluding steroid dienone is 3. The Bertz CT molecular complexity index is 373. The SMILES string of the molecule is C=CCCC(=C)CNC(=C)CC1=CC=CCN1.CC.CCCC. The largest absolute Gasteiger partial charge is 0.385 e. The highest BCUT2D eigenvalue weighted by Crippen LogP contribution is 2.08. The maximum absolute atomic E-state index is 4.02. The van der Waals surface area contributed by atoms with Crippen LogP contribution in [0.25, 0.3) is 0 Å². The minimum atomic E-state index is 0.801. The number of dihydropyridines is 1. The van der Waals surface area contributed by atoms with E-state index in [0.717, 1.165) is 38.0 Å². The lowest BCUT2D eigenvalue weighted by Gasteiger charge is -2.15. The van der Waals surface area contributed by atoms with Crippen LogP contribution in [0.1, 0.15) is 59.8 Å². The van der Waals surface area contributed by atoms with E-state index in [2.05, 4.69) is 62.4 Å². The van der Waals surface area contributed by atoms with Crippen molar-refractivity contribution in [1.29, 1.82) is 0 Å². The van der Waals surface area contributed by atoms with Crippen molar-refractivity contribution in [2.24, 2.45) is 0 Å². The van der Waals surface area contributed by atoms with E-state index < -0.39 is 0 Å². The number of nitrogens with one attached hydrogen (secondary N) is 2. The summed E-state index contributed by atoms with van der Waals surface area (Å²) in [5.41, 5.74) is 3.43. The molecule has 0 amide bonds. The Labute approximate surface area is 145 Å². The molecule has 0 bridgehead atoms. The molecular formula is C21H38N2. The van der Waals surface area contributed by atoms with Crippen molar-refractivity contribution in [2.45, 2.75) is 59.8 Å². The quantitative estimate of drug-likeness (QED) is 0.519. The molecule has 2 nitrogen and oxygen atoms in total. The van der Waals surface area contributed by atoms with Gasteiger partial charge >= 0.3 is 0 Å². The van der Waals surface area contributed by atoms with Gasteiger partial charge in [0.15, 0.2) is 0 Å². The third-order valence-corrected chi connectivity index (χ3v) is 3.07. The van der Waals surface area contributed by atoms with Gasteiger partial charge in [0.25, 0.3) is 0 Å². The predicted octanol–water partition coefficient (Wildman–Crippen LogP) is 5.88. The molecule has 0 aromatic rings. The van der Waals surface area contributed by atoms with Crippen molar-refractivity contribution in [3.8, 4) is 0 Å². The Balaban J connectivity index is 0. The first-order valence-corrected chi connectivity index (χ1v) is 8.92. The van der Waals surface area contributed by atoms with Crippen LogP contribution in [0.3, 0.4) is 0 Å². The molecule has 132 valence electrons. The van der Waals surface area contributed by atoms with Crippen LogP contribution in [0.5, 0.6) is 0 Å². The van der Waals surface area contributed by atoms with E-state index in [1.807, 2.05) is 19.9 Å². The molecule has 0 aromatic heterocycles. The van der Waals surface area contributed by atoms with Crippen LogP contribution in [-0.4, -0.2) is 13.1 Å². The van der Waals surface area contributed by atoms with Gasteiger partial charge in [0, 0.05) is 30.9 Å². The molecule has 0 fully saturated rings. The third kappa shape index (κ3) is 16.5. The zero-order chi connectivity index (χ0) is 17.9. The van der Waals surface area contributed by atoms with Crippen molar-refractivity contribution < 1.29 is 0 Å². The topological polar surface area (TPSA) is 24.1 Å². The van der Waals surface area contributed by atoms with Crippen LogP contribution >= 0.6 is 0 Å². The predicted molar refractivity (Wildman–Crippen MR) is 107 cm³/mol. The summed E-state index contributed by atoms with van der Waals surface area (Å²) in [5, 5.41) is 6.62. The Morgan fingerprint density at radius 3 is 2.39 bits per heavy atom. The van der Waals surface area contributed by atoms with Gasteiger partial charge in [-0.2, -0.15) is 0 Å². The molecule has 1 heterocycles. The number of hydrogen-bond donors (Lipinski definition) is 2. The van der Waals surface area contributed by atoms with Crippen molar-refractivity contribution in [1.82, 2.24) is 10.6 Å². The van der Waals surface area contributed by atoms with Gasteiger partial charge in [0.05, 0.1) is 0 Å². The molecule has 1 aliphatic rings. The summed E-state index contributed by atoms with van der Waals surface area (Å²) in [4.78, 5) is 0. The molecule has 2 heteroatoms. The van der Waals surface area contributed by atoms with E-state index in [-0.39, 0.29) is 0 Å². The summed E-state index contributed by atoms with van der Waals surface area (Å²) in [6, 6.07) is 0. The van der Waals surface area contributed by atoms with Crippen molar-refractivity contribution in [2.75, 3.05) is 13.1 Å². The molecule has 23 heavy (non-hydrogen) atoms. The summed E-state index contributed by atoms with van der Waals surface area (Å²) >= 11 is 0. The minimum Gasteiger partial charge on any atom is -0.385 e. The molecule has 0 aromatic carbocycles. The fraction of sp³-hybridized carbons (Fsp3) is 0.524. The standard InChI is InChI=1S/C15H22N2.C4H10.C2H6/c1-4-5-8-13(2)12-17-14(3)11-15-9-6-7-10-16-15;1-3-4-2;1-2/h4,6-7,9,16-17H,1-3,5,8,10-12H2;3-4H2,1-2H3;1-2H3. The first-order valence-electron chi connectivity index (χ1n) is 8.92. The van der Waals surface area contributed by atoms with Crippen molar-refractivity contribution in [3.63, 3.8) is 0 Å². The van der Waals surface area contributed by atoms with Crippen LogP contribution in [-0.2, 0) is 0 Å². The van der Waals surface area contributed by atoms with Crippen LogP contribution in [0.15, 0.2) is 61.0 Å². The van der Waals surface area contributed by atoms with Crippen molar-refractivity contribution in [3.05, 3.63) is 61.0 Å². The van der Waals surface area contributed by atoms with Gasteiger partial charge in [0.1, 0.15) is 0 Å². The van der Waals surface area contributed by atoms with E-state index in [1.165, 1.54) is 24.1 Å². The van der Waals surface area contributed by atoms with Gasteiger partial charge in [-0.3, -0.25) is 0 Å². The van der Waals surface area contributed by atoms with Gasteiger partial charge in [-0.1, -0.05) is 77.5 Å². The Hall–Kier alpha value is -1.70. The van der Waals surface area contributed by atoms with Crippen LogP contribution in [0.2, 0.25) is 0 Å². The summed E-state index contributed by atoms with van der Waals surface area (Å²) in [7, 11) is 0. The maximum atomic E-state index is 4.02. The van der Waals surface area contributed by atoms with Gasteiger partial charge in [-0.05, 0) is 18.9 Å². The fourth-order valence-corrected chi connectivity index (χ4v) is 1.56. The molecule has 0 atom stereocenters. The fourth-order valence-electron chi connectivity index (χ4n) is 1.56. The van der Waals surface area contributed by atoms with Gasteiger partial charge in [-0.15, -0.1) is 6.58 Å². The van der Waals surface area contributed by atoms with E-state index in [0.29, 0.717) is 0 Å². The van der Waals surface area contributed by atoms with Gasteiger partial charge in [-0.25, -0.2) is 0 Å². The highest BCUT2D eigenvalue weighted by molar-refractivity contribution is 5.21. The van der Waals surface area contributed by atoms with Crippen molar-refractivity contribution >= 4 is 0 Å². The lowest BCUT2D eigenvalue weighted by Crippen LogP contribution is -2.21. The summed E-state index contributed by atoms with van der Waals surface area (Å²) in [6.45, 7) is 21.8.